The van der Waals surface area contributed by atoms with Crippen LogP contribution >= 0.6 is 11.3 Å². The summed E-state index contributed by atoms with van der Waals surface area (Å²) in [5, 5.41) is 6.93. The molecule has 1 aromatic heterocycles. The zero-order valence-corrected chi connectivity index (χ0v) is 10.5. The van der Waals surface area contributed by atoms with Crippen LogP contribution in [0.25, 0.3) is 0 Å². The average Bonchev–Trinajstić information content (AvgIpc) is 2.55. The molecule has 84 valence electrons. The number of nitrogens with one attached hydrogen (secondary N) is 2. The molecule has 0 saturated heterocycles. The van der Waals surface area contributed by atoms with Gasteiger partial charge in [0, 0.05) is 18.5 Å². The third-order valence-corrected chi connectivity index (χ3v) is 3.01. The van der Waals surface area contributed by atoms with Gasteiger partial charge in [-0.2, -0.15) is 0 Å². The molecular weight excluding hydrogens is 208 g/mol. The van der Waals surface area contributed by atoms with Crippen LogP contribution in [0.5, 0.6) is 0 Å². The molecule has 0 fully saturated rings. The van der Waals surface area contributed by atoms with Crippen molar-refractivity contribution in [2.75, 3.05) is 18.9 Å². The number of anilines is 1. The van der Waals surface area contributed by atoms with Crippen molar-refractivity contribution >= 4 is 22.2 Å². The van der Waals surface area contributed by atoms with Crippen LogP contribution in [0.2, 0.25) is 0 Å². The van der Waals surface area contributed by atoms with Crippen molar-refractivity contribution in [3.63, 3.8) is 0 Å². The Balaban J connectivity index is 2.81. The Morgan fingerprint density at radius 2 is 2.20 bits per heavy atom. The van der Waals surface area contributed by atoms with E-state index in [4.69, 9.17) is 0 Å². The zero-order chi connectivity index (χ0) is 11.4. The van der Waals surface area contributed by atoms with Gasteiger partial charge in [0.25, 0.3) is 5.91 Å². The van der Waals surface area contributed by atoms with Crippen molar-refractivity contribution in [1.82, 2.24) is 5.32 Å². The molecule has 3 nitrogen and oxygen atoms in total. The molecule has 1 aromatic rings. The van der Waals surface area contributed by atoms with Crippen LogP contribution in [0, 0.1) is 12.8 Å². The summed E-state index contributed by atoms with van der Waals surface area (Å²) in [6.45, 7) is 7.20. The Kier molecular flexibility index (Phi) is 4.15. The predicted molar refractivity (Wildman–Crippen MR) is 65.8 cm³/mol. The van der Waals surface area contributed by atoms with Crippen LogP contribution in [0.1, 0.15) is 29.1 Å². The number of thiophene rings is 1. The first-order valence-corrected chi connectivity index (χ1v) is 5.92. The molecule has 0 radical (unpaired) electrons. The van der Waals surface area contributed by atoms with Crippen LogP contribution in [-0.2, 0) is 0 Å². The summed E-state index contributed by atoms with van der Waals surface area (Å²) < 4.78 is 0. The maximum Gasteiger partial charge on any atom is 0.254 e. The molecule has 0 aliphatic heterocycles. The van der Waals surface area contributed by atoms with Crippen LogP contribution in [0.3, 0.4) is 0 Å². The summed E-state index contributed by atoms with van der Waals surface area (Å²) in [4.78, 5) is 12.7. The van der Waals surface area contributed by atoms with E-state index in [0.717, 1.165) is 22.0 Å². The van der Waals surface area contributed by atoms with Crippen molar-refractivity contribution in [3.05, 3.63) is 16.5 Å². The number of rotatable bonds is 4. The Morgan fingerprint density at radius 1 is 1.53 bits per heavy atom. The van der Waals surface area contributed by atoms with E-state index in [-0.39, 0.29) is 5.91 Å². The summed E-state index contributed by atoms with van der Waals surface area (Å²) in [5.41, 5.74) is 0.751. The Morgan fingerprint density at radius 3 is 2.73 bits per heavy atom. The highest BCUT2D eigenvalue weighted by Gasteiger charge is 2.13. The molecule has 0 bridgehead atoms. The molecule has 1 amide bonds. The highest BCUT2D eigenvalue weighted by Crippen LogP contribution is 2.27. The lowest BCUT2D eigenvalue weighted by atomic mass is 10.2. The van der Waals surface area contributed by atoms with E-state index in [1.807, 2.05) is 13.0 Å². The van der Waals surface area contributed by atoms with E-state index in [1.165, 1.54) is 0 Å². The lowest BCUT2D eigenvalue weighted by Gasteiger charge is -2.08. The van der Waals surface area contributed by atoms with Gasteiger partial charge in [0.05, 0.1) is 5.56 Å². The summed E-state index contributed by atoms with van der Waals surface area (Å²) >= 11 is 1.63. The van der Waals surface area contributed by atoms with E-state index in [0.29, 0.717) is 5.92 Å². The first-order chi connectivity index (χ1) is 7.04. The second-order valence-corrected chi connectivity index (χ2v) is 5.21. The maximum absolute atomic E-state index is 11.5. The quantitative estimate of drug-likeness (QED) is 0.828. The van der Waals surface area contributed by atoms with Crippen LogP contribution in [0.15, 0.2) is 6.07 Å². The molecule has 1 rings (SSSR count). The van der Waals surface area contributed by atoms with Gasteiger partial charge in [-0.1, -0.05) is 13.8 Å². The summed E-state index contributed by atoms with van der Waals surface area (Å²) in [6.07, 6.45) is 0. The number of carbonyl (C=O) groups excluding carboxylic acids is 1. The fraction of sp³-hybridized carbons (Fsp3) is 0.545. The lowest BCUT2D eigenvalue weighted by molar-refractivity contribution is 0.0964. The molecule has 15 heavy (non-hydrogen) atoms. The molecular formula is C11H18N2OS. The van der Waals surface area contributed by atoms with Gasteiger partial charge >= 0.3 is 0 Å². The van der Waals surface area contributed by atoms with Gasteiger partial charge < -0.3 is 10.6 Å². The molecule has 4 heteroatoms. The average molecular weight is 226 g/mol. The largest absolute Gasteiger partial charge is 0.376 e. The summed E-state index contributed by atoms with van der Waals surface area (Å²) in [5.74, 6) is 0.551. The molecule has 0 unspecified atom stereocenters. The fourth-order valence-corrected chi connectivity index (χ4v) is 2.16. The van der Waals surface area contributed by atoms with Crippen LogP contribution < -0.4 is 10.6 Å². The first kappa shape index (κ1) is 12.0. The van der Waals surface area contributed by atoms with Gasteiger partial charge in [-0.15, -0.1) is 11.3 Å². The highest BCUT2D eigenvalue weighted by molar-refractivity contribution is 7.16. The SMILES string of the molecule is CNC(=O)c1cc(C)sc1NCC(C)C. The first-order valence-electron chi connectivity index (χ1n) is 5.11. The van der Waals surface area contributed by atoms with Gasteiger partial charge in [0.2, 0.25) is 0 Å². The molecule has 2 N–H and O–H groups in total. The number of carbonyl (C=O) groups is 1. The minimum atomic E-state index is -0.0226. The number of hydrogen-bond donors (Lipinski definition) is 2. The Bertz CT molecular complexity index is 344. The molecule has 1 heterocycles. The van der Waals surface area contributed by atoms with Crippen molar-refractivity contribution in [1.29, 1.82) is 0 Å². The molecule has 0 aliphatic carbocycles. The van der Waals surface area contributed by atoms with Crippen LogP contribution in [-0.4, -0.2) is 19.5 Å². The third kappa shape index (κ3) is 3.23. The number of amides is 1. The topological polar surface area (TPSA) is 41.1 Å². The van der Waals surface area contributed by atoms with E-state index in [9.17, 15) is 4.79 Å². The molecule has 0 aliphatic rings. The summed E-state index contributed by atoms with van der Waals surface area (Å²) in [7, 11) is 1.65. The van der Waals surface area contributed by atoms with Gasteiger partial charge in [0.1, 0.15) is 5.00 Å². The predicted octanol–water partition coefficient (Wildman–Crippen LogP) is 2.48. The monoisotopic (exact) mass is 226 g/mol. The smallest absolute Gasteiger partial charge is 0.254 e. The number of hydrogen-bond acceptors (Lipinski definition) is 3. The Labute approximate surface area is 94.9 Å². The van der Waals surface area contributed by atoms with E-state index >= 15 is 0 Å². The fourth-order valence-electron chi connectivity index (χ4n) is 1.25. The second kappa shape index (κ2) is 5.16. The van der Waals surface area contributed by atoms with Gasteiger partial charge in [-0.3, -0.25) is 4.79 Å². The lowest BCUT2D eigenvalue weighted by Crippen LogP contribution is -2.19. The highest BCUT2D eigenvalue weighted by atomic mass is 32.1. The van der Waals surface area contributed by atoms with E-state index < -0.39 is 0 Å². The van der Waals surface area contributed by atoms with Gasteiger partial charge in [-0.25, -0.2) is 0 Å². The van der Waals surface area contributed by atoms with E-state index in [2.05, 4.69) is 24.5 Å². The normalized spacial score (nSPS) is 10.5. The standard InChI is InChI=1S/C11H18N2OS/c1-7(2)6-13-11-9(10(14)12-4)5-8(3)15-11/h5,7,13H,6H2,1-4H3,(H,12,14). The van der Waals surface area contributed by atoms with E-state index in [1.54, 1.807) is 18.4 Å². The molecule has 0 atom stereocenters. The van der Waals surface area contributed by atoms with Crippen LogP contribution in [0.4, 0.5) is 5.00 Å². The van der Waals surface area contributed by atoms with Gasteiger partial charge in [-0.05, 0) is 18.9 Å². The van der Waals surface area contributed by atoms with Crippen molar-refractivity contribution < 1.29 is 4.79 Å². The number of aryl methyl sites for hydroxylation is 1. The minimum absolute atomic E-state index is 0.0226. The third-order valence-electron chi connectivity index (χ3n) is 2.00. The molecule has 0 saturated carbocycles. The van der Waals surface area contributed by atoms with Crippen molar-refractivity contribution in [2.24, 2.45) is 5.92 Å². The second-order valence-electron chi connectivity index (χ2n) is 3.95. The maximum atomic E-state index is 11.5. The van der Waals surface area contributed by atoms with Gasteiger partial charge in [0.15, 0.2) is 0 Å². The minimum Gasteiger partial charge on any atom is -0.376 e. The summed E-state index contributed by atoms with van der Waals surface area (Å²) in [6, 6.07) is 1.92. The molecule has 0 spiro atoms. The van der Waals surface area contributed by atoms with Crippen molar-refractivity contribution in [2.45, 2.75) is 20.8 Å². The Hall–Kier alpha value is -1.03. The molecule has 0 aromatic carbocycles. The van der Waals surface area contributed by atoms with Crippen molar-refractivity contribution in [3.8, 4) is 0 Å². The zero-order valence-electron chi connectivity index (χ0n) is 9.68.